The van der Waals surface area contributed by atoms with Crippen LogP contribution < -0.4 is 15.9 Å². The van der Waals surface area contributed by atoms with Crippen molar-refractivity contribution in [3.63, 3.8) is 0 Å². The zero-order valence-electron chi connectivity index (χ0n) is 21.3. The number of carbonyl (C=O) groups is 1. The van der Waals surface area contributed by atoms with Crippen LogP contribution >= 0.6 is 22.9 Å². The first-order chi connectivity index (χ1) is 17.0. The molecule has 0 aliphatic rings. The second kappa shape index (κ2) is 12.7. The molecule has 3 aromatic rings. The number of hydrogen-bond donors (Lipinski definition) is 4. The largest absolute Gasteiger partial charge is 0.506 e. The van der Waals surface area contributed by atoms with Gasteiger partial charge in [-0.05, 0) is 54.5 Å². The molecule has 1 amide bonds. The van der Waals surface area contributed by atoms with E-state index >= 15 is 0 Å². The van der Waals surface area contributed by atoms with Crippen LogP contribution in [0.4, 0.5) is 0 Å². The minimum atomic E-state index is -0.227. The summed E-state index contributed by atoms with van der Waals surface area (Å²) in [5.74, 6) is 0.150. The Labute approximate surface area is 221 Å². The molecule has 9 heteroatoms. The second-order valence-corrected chi connectivity index (χ2v) is 11.8. The summed E-state index contributed by atoms with van der Waals surface area (Å²) in [6, 6.07) is 11.0. The highest BCUT2D eigenvalue weighted by Gasteiger charge is 2.22. The molecule has 3 rings (SSSR count). The second-order valence-electron chi connectivity index (χ2n) is 10.4. The van der Waals surface area contributed by atoms with Gasteiger partial charge in [-0.2, -0.15) is 0 Å². The number of phenols is 1. The molecule has 1 aromatic heterocycles. The number of fused-ring (bicyclic) bond motifs is 1. The lowest BCUT2D eigenvalue weighted by atomic mass is 9.95. The van der Waals surface area contributed by atoms with Gasteiger partial charge in [-0.25, -0.2) is 0 Å². The van der Waals surface area contributed by atoms with Gasteiger partial charge in [-0.15, -0.1) is 0 Å². The summed E-state index contributed by atoms with van der Waals surface area (Å²) < 4.78 is 0.789. The number of nitrogens with one attached hydrogen (secondary N) is 2. The molecular weight excluding hydrogens is 496 g/mol. The third-order valence-electron chi connectivity index (χ3n) is 5.97. The quantitative estimate of drug-likeness (QED) is 0.260. The SMILES string of the molecule is CC(C)(C)CN(CCNCCc1ccc(O)c2[nH]c(=O)sc12)C(=O)CC(N)CCc1ccccc1Cl. The van der Waals surface area contributed by atoms with Crippen LogP contribution in [0.2, 0.25) is 5.02 Å². The van der Waals surface area contributed by atoms with Gasteiger partial charge in [0.05, 0.1) is 4.70 Å². The van der Waals surface area contributed by atoms with Crippen LogP contribution in [-0.2, 0) is 17.6 Å². The molecule has 1 heterocycles. The van der Waals surface area contributed by atoms with Crippen molar-refractivity contribution < 1.29 is 9.90 Å². The molecule has 196 valence electrons. The number of phenolic OH excluding ortho intramolecular Hbond substituents is 1. The minimum absolute atomic E-state index is 0.0271. The molecule has 0 spiro atoms. The lowest BCUT2D eigenvalue weighted by Crippen LogP contribution is -2.43. The molecule has 1 unspecified atom stereocenters. The van der Waals surface area contributed by atoms with Gasteiger partial charge in [0.25, 0.3) is 0 Å². The maximum absolute atomic E-state index is 13.1. The van der Waals surface area contributed by atoms with E-state index in [4.69, 9.17) is 17.3 Å². The summed E-state index contributed by atoms with van der Waals surface area (Å²) in [5, 5.41) is 14.1. The fourth-order valence-electron chi connectivity index (χ4n) is 4.19. The molecule has 0 radical (unpaired) electrons. The summed E-state index contributed by atoms with van der Waals surface area (Å²) >= 11 is 7.36. The molecular formula is C27H37ClN4O3S. The average Bonchev–Trinajstić information content (AvgIpc) is 3.20. The molecule has 1 atom stereocenters. The van der Waals surface area contributed by atoms with E-state index in [0.29, 0.717) is 51.0 Å². The predicted octanol–water partition coefficient (Wildman–Crippen LogP) is 4.31. The number of H-pyrrole nitrogens is 1. The fourth-order valence-corrected chi connectivity index (χ4v) is 5.32. The van der Waals surface area contributed by atoms with Crippen molar-refractivity contribution in [2.45, 2.75) is 52.5 Å². The molecule has 0 aliphatic carbocycles. The van der Waals surface area contributed by atoms with Crippen molar-refractivity contribution >= 4 is 39.1 Å². The predicted molar refractivity (Wildman–Crippen MR) is 149 cm³/mol. The number of carbonyl (C=O) groups excluding carboxylic acids is 1. The van der Waals surface area contributed by atoms with Crippen molar-refractivity contribution in [2.75, 3.05) is 26.2 Å². The number of rotatable bonds is 12. The Morgan fingerprint density at radius 1 is 1.17 bits per heavy atom. The van der Waals surface area contributed by atoms with Crippen LogP contribution in [0.1, 0.15) is 44.7 Å². The summed E-state index contributed by atoms with van der Waals surface area (Å²) in [7, 11) is 0. The molecule has 7 nitrogen and oxygen atoms in total. The van der Waals surface area contributed by atoms with Gasteiger partial charge in [0.2, 0.25) is 5.91 Å². The number of thiazole rings is 1. The number of halogens is 1. The third-order valence-corrected chi connectivity index (χ3v) is 7.29. The number of nitrogens with zero attached hydrogens (tertiary/aromatic N) is 1. The first kappa shape index (κ1) is 28.2. The van der Waals surface area contributed by atoms with E-state index in [-0.39, 0.29) is 28.0 Å². The number of hydrogen-bond acceptors (Lipinski definition) is 6. The van der Waals surface area contributed by atoms with E-state index in [1.807, 2.05) is 35.2 Å². The van der Waals surface area contributed by atoms with Crippen molar-refractivity contribution in [2.24, 2.45) is 11.1 Å². The number of aromatic hydroxyl groups is 1. The first-order valence-corrected chi connectivity index (χ1v) is 13.5. The Morgan fingerprint density at radius 3 is 2.64 bits per heavy atom. The number of aryl methyl sites for hydroxylation is 1. The van der Waals surface area contributed by atoms with E-state index in [1.54, 1.807) is 6.07 Å². The molecule has 36 heavy (non-hydrogen) atoms. The van der Waals surface area contributed by atoms with Gasteiger partial charge in [-0.3, -0.25) is 9.59 Å². The van der Waals surface area contributed by atoms with Gasteiger partial charge in [0.15, 0.2) is 0 Å². The normalized spacial score (nSPS) is 12.7. The van der Waals surface area contributed by atoms with Crippen LogP contribution in [0, 0.1) is 5.41 Å². The Morgan fingerprint density at radius 2 is 1.92 bits per heavy atom. The standard InChI is InChI=1S/C27H37ClN4O3S/c1-27(2,3)17-32(23(34)16-20(29)10-8-18-6-4-5-7-21(18)28)15-14-30-13-12-19-9-11-22(33)24-25(19)36-26(35)31-24/h4-7,9,11,20,30,33H,8,10,12-17,29H2,1-3H3,(H,31,35). The smallest absolute Gasteiger partial charge is 0.305 e. The maximum Gasteiger partial charge on any atom is 0.305 e. The van der Waals surface area contributed by atoms with Crippen molar-refractivity contribution in [3.8, 4) is 5.75 Å². The van der Waals surface area contributed by atoms with Gasteiger partial charge in [0, 0.05) is 37.1 Å². The average molecular weight is 533 g/mol. The Kier molecular flexibility index (Phi) is 9.96. The highest BCUT2D eigenvalue weighted by Crippen LogP contribution is 2.28. The van der Waals surface area contributed by atoms with Gasteiger partial charge in [-0.1, -0.05) is 68.0 Å². The monoisotopic (exact) mass is 532 g/mol. The molecule has 0 aliphatic heterocycles. The van der Waals surface area contributed by atoms with Crippen molar-refractivity contribution in [3.05, 3.63) is 62.2 Å². The highest BCUT2D eigenvalue weighted by molar-refractivity contribution is 7.16. The minimum Gasteiger partial charge on any atom is -0.506 e. The van der Waals surface area contributed by atoms with Crippen LogP contribution in [0.5, 0.6) is 5.75 Å². The number of nitrogens with two attached hydrogens (primary N) is 1. The molecule has 0 saturated heterocycles. The molecule has 2 aromatic carbocycles. The number of aromatic amines is 1. The number of benzene rings is 2. The molecule has 0 fully saturated rings. The Hall–Kier alpha value is -2.39. The molecule has 0 bridgehead atoms. The van der Waals surface area contributed by atoms with Crippen LogP contribution in [0.15, 0.2) is 41.2 Å². The molecule has 5 N–H and O–H groups in total. The lowest BCUT2D eigenvalue weighted by molar-refractivity contribution is -0.132. The van der Waals surface area contributed by atoms with Crippen LogP contribution in [0.25, 0.3) is 10.2 Å². The highest BCUT2D eigenvalue weighted by atomic mass is 35.5. The van der Waals surface area contributed by atoms with E-state index < -0.39 is 0 Å². The van der Waals surface area contributed by atoms with Gasteiger partial charge >= 0.3 is 4.87 Å². The molecule has 0 saturated carbocycles. The summed E-state index contributed by atoms with van der Waals surface area (Å²) in [5.41, 5.74) is 8.85. The number of amides is 1. The van der Waals surface area contributed by atoms with E-state index in [1.165, 1.54) is 0 Å². The Bertz CT molecular complexity index is 1220. The first-order valence-electron chi connectivity index (χ1n) is 12.3. The summed E-state index contributed by atoms with van der Waals surface area (Å²) in [6.07, 6.45) is 2.46. The van der Waals surface area contributed by atoms with Gasteiger partial charge < -0.3 is 26.0 Å². The lowest BCUT2D eigenvalue weighted by Gasteiger charge is -2.31. The van der Waals surface area contributed by atoms with Crippen molar-refractivity contribution in [1.29, 1.82) is 0 Å². The van der Waals surface area contributed by atoms with Gasteiger partial charge in [0.1, 0.15) is 11.3 Å². The fraction of sp³-hybridized carbons (Fsp3) is 0.481. The summed E-state index contributed by atoms with van der Waals surface area (Å²) in [6.45, 7) is 8.96. The zero-order chi connectivity index (χ0) is 26.3. The zero-order valence-corrected chi connectivity index (χ0v) is 22.8. The van der Waals surface area contributed by atoms with Crippen LogP contribution in [-0.4, -0.2) is 53.1 Å². The van der Waals surface area contributed by atoms with Crippen molar-refractivity contribution in [1.82, 2.24) is 15.2 Å². The summed E-state index contributed by atoms with van der Waals surface area (Å²) in [4.78, 5) is 29.2. The van der Waals surface area contributed by atoms with E-state index in [0.717, 1.165) is 38.6 Å². The topological polar surface area (TPSA) is 111 Å². The maximum atomic E-state index is 13.1. The number of aromatic nitrogens is 1. The third kappa shape index (κ3) is 8.34. The van der Waals surface area contributed by atoms with E-state index in [2.05, 4.69) is 31.1 Å². The van der Waals surface area contributed by atoms with E-state index in [9.17, 15) is 14.7 Å². The van der Waals surface area contributed by atoms with Crippen LogP contribution in [0.3, 0.4) is 0 Å². The Balaban J connectivity index is 1.49.